The van der Waals surface area contributed by atoms with Gasteiger partial charge in [-0.15, -0.1) is 0 Å². The third-order valence-electron chi connectivity index (χ3n) is 6.52. The molecule has 0 saturated carbocycles. The Kier molecular flexibility index (Phi) is 14.9. The summed E-state index contributed by atoms with van der Waals surface area (Å²) in [6.07, 6.45) is 22.8. The van der Waals surface area contributed by atoms with Gasteiger partial charge in [0.2, 0.25) is 5.91 Å². The minimum absolute atomic E-state index is 0.0723. The van der Waals surface area contributed by atoms with E-state index in [1.54, 1.807) is 12.1 Å². The number of anilines is 1. The first kappa shape index (κ1) is 29.3. The molecule has 0 saturated heterocycles. The van der Waals surface area contributed by atoms with Crippen molar-refractivity contribution in [2.75, 3.05) is 5.32 Å². The lowest BCUT2D eigenvalue weighted by molar-refractivity contribution is -0.384. The van der Waals surface area contributed by atoms with E-state index in [2.05, 4.69) is 12.2 Å². The zero-order valence-electron chi connectivity index (χ0n) is 22.1. The van der Waals surface area contributed by atoms with Crippen molar-refractivity contribution in [3.8, 4) is 0 Å². The Bertz CT molecular complexity index is 904. The minimum Gasteiger partial charge on any atom is -0.326 e. The van der Waals surface area contributed by atoms with Crippen molar-refractivity contribution >= 4 is 29.4 Å². The number of nitrogens with one attached hydrogen (secondary N) is 1. The van der Waals surface area contributed by atoms with Crippen LogP contribution >= 0.6 is 0 Å². The highest BCUT2D eigenvalue weighted by atomic mass is 16.6. The molecule has 0 bridgehead atoms. The van der Waals surface area contributed by atoms with Crippen LogP contribution in [0.5, 0.6) is 0 Å². The van der Waals surface area contributed by atoms with Crippen LogP contribution < -0.4 is 5.32 Å². The van der Waals surface area contributed by atoms with Crippen LogP contribution in [0.2, 0.25) is 0 Å². The third-order valence-corrected chi connectivity index (χ3v) is 6.52. The predicted octanol–water partition coefficient (Wildman–Crippen LogP) is 9.58. The van der Waals surface area contributed by atoms with Gasteiger partial charge in [0.05, 0.1) is 4.92 Å². The van der Waals surface area contributed by atoms with Crippen molar-refractivity contribution < 1.29 is 9.72 Å². The molecule has 0 spiro atoms. The van der Waals surface area contributed by atoms with E-state index in [9.17, 15) is 14.9 Å². The number of hydrogen-bond acceptors (Lipinski definition) is 3. The standard InChI is InChI=1S/C31H44N2O3/c1-2-3-4-5-6-7-8-9-10-11-12-13-14-15-16-31(34)32-29-23-19-27(20-24-29)17-18-28-21-25-30(26-22-28)33(35)36/h17-26H,2-16H2,1H3,(H,32,34). The van der Waals surface area contributed by atoms with Crippen LogP contribution in [-0.2, 0) is 4.79 Å². The Morgan fingerprint density at radius 2 is 1.11 bits per heavy atom. The normalized spacial score (nSPS) is 11.1. The van der Waals surface area contributed by atoms with Crippen LogP contribution in [0.4, 0.5) is 11.4 Å². The molecular weight excluding hydrogens is 448 g/mol. The largest absolute Gasteiger partial charge is 0.326 e. The van der Waals surface area contributed by atoms with E-state index < -0.39 is 4.92 Å². The average molecular weight is 493 g/mol. The van der Waals surface area contributed by atoms with Gasteiger partial charge in [0.15, 0.2) is 0 Å². The van der Waals surface area contributed by atoms with Gasteiger partial charge in [-0.05, 0) is 41.8 Å². The van der Waals surface area contributed by atoms with Crippen molar-refractivity contribution in [1.82, 2.24) is 0 Å². The summed E-state index contributed by atoms with van der Waals surface area (Å²) in [5, 5.41) is 13.7. The van der Waals surface area contributed by atoms with Crippen LogP contribution in [0.1, 0.15) is 114 Å². The molecule has 36 heavy (non-hydrogen) atoms. The number of non-ortho nitro benzene ring substituents is 1. The van der Waals surface area contributed by atoms with Gasteiger partial charge in [-0.25, -0.2) is 0 Å². The molecule has 2 aromatic rings. The maximum absolute atomic E-state index is 12.2. The van der Waals surface area contributed by atoms with Crippen molar-refractivity contribution in [3.63, 3.8) is 0 Å². The van der Waals surface area contributed by atoms with Crippen molar-refractivity contribution in [1.29, 1.82) is 0 Å². The minimum atomic E-state index is -0.403. The topological polar surface area (TPSA) is 72.2 Å². The molecule has 0 atom stereocenters. The fourth-order valence-electron chi connectivity index (χ4n) is 4.28. The smallest absolute Gasteiger partial charge is 0.269 e. The molecule has 0 unspecified atom stereocenters. The molecule has 0 aliphatic heterocycles. The lowest BCUT2D eigenvalue weighted by Crippen LogP contribution is -2.10. The second-order valence-electron chi connectivity index (χ2n) is 9.70. The van der Waals surface area contributed by atoms with Gasteiger partial charge >= 0.3 is 0 Å². The number of benzene rings is 2. The molecule has 0 heterocycles. The molecule has 1 N–H and O–H groups in total. The molecule has 5 nitrogen and oxygen atoms in total. The number of unbranched alkanes of at least 4 members (excludes halogenated alkanes) is 13. The van der Waals surface area contributed by atoms with Gasteiger partial charge < -0.3 is 5.32 Å². The number of nitro benzene ring substituents is 1. The van der Waals surface area contributed by atoms with Crippen molar-refractivity contribution in [2.24, 2.45) is 0 Å². The first-order valence-electron chi connectivity index (χ1n) is 13.9. The number of carbonyl (C=O) groups excluding carboxylic acids is 1. The van der Waals surface area contributed by atoms with Gasteiger partial charge in [0.25, 0.3) is 5.69 Å². The summed E-state index contributed by atoms with van der Waals surface area (Å²) in [6.45, 7) is 2.27. The van der Waals surface area contributed by atoms with E-state index in [0.717, 1.165) is 29.7 Å². The second kappa shape index (κ2) is 18.3. The van der Waals surface area contributed by atoms with Gasteiger partial charge in [-0.3, -0.25) is 14.9 Å². The summed E-state index contributed by atoms with van der Waals surface area (Å²) in [6, 6.07) is 14.1. The molecule has 5 heteroatoms. The lowest BCUT2D eigenvalue weighted by Gasteiger charge is -2.06. The zero-order chi connectivity index (χ0) is 25.8. The molecule has 196 valence electrons. The highest BCUT2D eigenvalue weighted by molar-refractivity contribution is 5.90. The Morgan fingerprint density at radius 1 is 0.694 bits per heavy atom. The number of rotatable bonds is 19. The SMILES string of the molecule is CCCCCCCCCCCCCCCCC(=O)Nc1ccc(C=Cc2ccc([N+](=O)[O-])cc2)cc1. The Labute approximate surface area is 217 Å². The van der Waals surface area contributed by atoms with E-state index in [1.165, 1.54) is 89.2 Å². The third kappa shape index (κ3) is 13.2. The Hall–Kier alpha value is -2.95. The lowest BCUT2D eigenvalue weighted by atomic mass is 10.0. The molecule has 0 aromatic heterocycles. The fourth-order valence-corrected chi connectivity index (χ4v) is 4.28. The van der Waals surface area contributed by atoms with E-state index in [-0.39, 0.29) is 11.6 Å². The summed E-state index contributed by atoms with van der Waals surface area (Å²) in [5.41, 5.74) is 2.78. The summed E-state index contributed by atoms with van der Waals surface area (Å²) in [7, 11) is 0. The summed E-state index contributed by atoms with van der Waals surface area (Å²) >= 11 is 0. The highest BCUT2D eigenvalue weighted by Gasteiger charge is 2.04. The molecular formula is C31H44N2O3. The van der Waals surface area contributed by atoms with Gasteiger partial charge in [-0.2, -0.15) is 0 Å². The molecule has 1 amide bonds. The fraction of sp³-hybridized carbons (Fsp3) is 0.516. The molecule has 0 aliphatic carbocycles. The quantitative estimate of drug-likeness (QED) is 0.0918. The first-order valence-corrected chi connectivity index (χ1v) is 13.9. The molecule has 0 radical (unpaired) electrons. The zero-order valence-corrected chi connectivity index (χ0v) is 22.1. The Morgan fingerprint density at radius 3 is 1.56 bits per heavy atom. The van der Waals surface area contributed by atoms with Crippen LogP contribution in [0.25, 0.3) is 12.2 Å². The summed E-state index contributed by atoms with van der Waals surface area (Å²) in [5.74, 6) is 0.0723. The van der Waals surface area contributed by atoms with E-state index in [0.29, 0.717) is 6.42 Å². The number of carbonyl (C=O) groups is 1. The summed E-state index contributed by atoms with van der Waals surface area (Å²) < 4.78 is 0. The maximum Gasteiger partial charge on any atom is 0.269 e. The van der Waals surface area contributed by atoms with E-state index >= 15 is 0 Å². The average Bonchev–Trinajstić information content (AvgIpc) is 2.88. The van der Waals surface area contributed by atoms with Crippen LogP contribution in [0, 0.1) is 10.1 Å². The van der Waals surface area contributed by atoms with Gasteiger partial charge in [0.1, 0.15) is 0 Å². The van der Waals surface area contributed by atoms with Gasteiger partial charge in [0, 0.05) is 24.2 Å². The molecule has 2 rings (SSSR count). The molecule has 0 fully saturated rings. The van der Waals surface area contributed by atoms with Crippen molar-refractivity contribution in [2.45, 2.75) is 103 Å². The summed E-state index contributed by atoms with van der Waals surface area (Å²) in [4.78, 5) is 22.6. The van der Waals surface area contributed by atoms with Crippen LogP contribution in [-0.4, -0.2) is 10.8 Å². The number of nitro groups is 1. The highest BCUT2D eigenvalue weighted by Crippen LogP contribution is 2.17. The van der Waals surface area contributed by atoms with Crippen LogP contribution in [0.3, 0.4) is 0 Å². The Balaban J connectivity index is 1.51. The van der Waals surface area contributed by atoms with Crippen LogP contribution in [0.15, 0.2) is 48.5 Å². The molecule has 0 aliphatic rings. The first-order chi connectivity index (χ1) is 17.6. The second-order valence-corrected chi connectivity index (χ2v) is 9.70. The van der Waals surface area contributed by atoms with Crippen molar-refractivity contribution in [3.05, 3.63) is 69.8 Å². The van der Waals surface area contributed by atoms with Gasteiger partial charge in [-0.1, -0.05) is 115 Å². The molecule has 2 aromatic carbocycles. The predicted molar refractivity (Wildman–Crippen MR) is 152 cm³/mol. The number of hydrogen-bond donors (Lipinski definition) is 1. The number of nitrogens with zero attached hydrogens (tertiary/aromatic N) is 1. The van der Waals surface area contributed by atoms with E-state index in [1.807, 2.05) is 36.4 Å². The van der Waals surface area contributed by atoms with E-state index in [4.69, 9.17) is 0 Å². The number of amides is 1. The monoisotopic (exact) mass is 492 g/mol. The maximum atomic E-state index is 12.2.